The third-order valence-electron chi connectivity index (χ3n) is 5.88. The molecular formula is C23H37FN4O. The molecule has 1 aliphatic carbocycles. The van der Waals surface area contributed by atoms with Crippen LogP contribution in [0.15, 0.2) is 29.3 Å². The number of ether oxygens (including phenoxy) is 1. The Labute approximate surface area is 175 Å². The van der Waals surface area contributed by atoms with Crippen LogP contribution in [0.2, 0.25) is 0 Å². The number of nitrogens with zero attached hydrogens (tertiary/aromatic N) is 3. The minimum Gasteiger partial charge on any atom is -0.379 e. The van der Waals surface area contributed by atoms with Crippen LogP contribution in [-0.4, -0.2) is 68.7 Å². The van der Waals surface area contributed by atoms with Crippen LogP contribution in [0, 0.1) is 17.7 Å². The van der Waals surface area contributed by atoms with Crippen molar-refractivity contribution in [3.05, 3.63) is 35.6 Å². The third-order valence-corrected chi connectivity index (χ3v) is 5.88. The quantitative estimate of drug-likeness (QED) is 0.369. The maximum absolute atomic E-state index is 13.9. The van der Waals surface area contributed by atoms with Gasteiger partial charge in [0.05, 0.1) is 6.61 Å². The first kappa shape index (κ1) is 22.0. The van der Waals surface area contributed by atoms with E-state index in [9.17, 15) is 4.39 Å². The minimum atomic E-state index is -0.0985. The first-order valence-electron chi connectivity index (χ1n) is 11.2. The third kappa shape index (κ3) is 7.59. The molecule has 1 saturated carbocycles. The standard InChI is InChI=1S/C23H37FN4O/c1-3-25-23(27(2)14-15-29-18-20-8-9-20)26-16-19-10-12-28(13-11-19)17-21-6-4-5-7-22(21)24/h4-7,19-20H,3,8-18H2,1-2H3,(H,25,26). The molecule has 2 aliphatic rings. The SMILES string of the molecule is CCNC(=NCC1CCN(Cc2ccccc2F)CC1)N(C)CCOCC1CC1. The zero-order chi connectivity index (χ0) is 20.5. The van der Waals surface area contributed by atoms with Crippen LogP contribution in [0.25, 0.3) is 0 Å². The highest BCUT2D eigenvalue weighted by atomic mass is 19.1. The van der Waals surface area contributed by atoms with E-state index in [2.05, 4.69) is 29.1 Å². The Morgan fingerprint density at radius 1 is 1.21 bits per heavy atom. The highest BCUT2D eigenvalue weighted by Gasteiger charge is 2.22. The molecule has 1 aromatic rings. The molecule has 2 fully saturated rings. The van der Waals surface area contributed by atoms with Gasteiger partial charge in [0.1, 0.15) is 5.82 Å². The fourth-order valence-electron chi connectivity index (χ4n) is 3.72. The first-order valence-corrected chi connectivity index (χ1v) is 11.2. The van der Waals surface area contributed by atoms with Gasteiger partial charge in [-0.2, -0.15) is 0 Å². The summed E-state index contributed by atoms with van der Waals surface area (Å²) in [5.41, 5.74) is 0.795. The van der Waals surface area contributed by atoms with Gasteiger partial charge in [0, 0.05) is 45.4 Å². The van der Waals surface area contributed by atoms with E-state index in [0.717, 1.165) is 76.2 Å². The van der Waals surface area contributed by atoms with E-state index < -0.39 is 0 Å². The molecule has 1 aliphatic heterocycles. The number of guanidine groups is 1. The number of nitrogens with one attached hydrogen (secondary N) is 1. The fourth-order valence-corrected chi connectivity index (χ4v) is 3.72. The van der Waals surface area contributed by atoms with Gasteiger partial charge in [-0.25, -0.2) is 4.39 Å². The number of likely N-dealkylation sites (tertiary alicyclic amines) is 1. The Balaban J connectivity index is 1.39. The molecule has 29 heavy (non-hydrogen) atoms. The predicted molar refractivity (Wildman–Crippen MR) is 117 cm³/mol. The molecule has 0 unspecified atom stereocenters. The first-order chi connectivity index (χ1) is 14.2. The van der Waals surface area contributed by atoms with Crippen LogP contribution in [0.1, 0.15) is 38.2 Å². The topological polar surface area (TPSA) is 40.1 Å². The summed E-state index contributed by atoms with van der Waals surface area (Å²) in [6.45, 7) is 9.07. The molecule has 5 nitrogen and oxygen atoms in total. The van der Waals surface area contributed by atoms with Gasteiger partial charge < -0.3 is 15.0 Å². The Bertz CT molecular complexity index is 642. The number of hydrogen-bond acceptors (Lipinski definition) is 3. The van der Waals surface area contributed by atoms with E-state index in [1.807, 2.05) is 12.1 Å². The summed E-state index contributed by atoms with van der Waals surface area (Å²) in [5.74, 6) is 2.28. The number of halogens is 1. The van der Waals surface area contributed by atoms with Crippen molar-refractivity contribution in [3.63, 3.8) is 0 Å². The average molecular weight is 405 g/mol. The Kier molecular flexibility index (Phi) is 8.74. The number of likely N-dealkylation sites (N-methyl/N-ethyl adjacent to an activating group) is 1. The molecule has 162 valence electrons. The lowest BCUT2D eigenvalue weighted by molar-refractivity contribution is 0.115. The highest BCUT2D eigenvalue weighted by molar-refractivity contribution is 5.79. The number of rotatable bonds is 10. The molecule has 1 heterocycles. The van der Waals surface area contributed by atoms with Gasteiger partial charge in [-0.15, -0.1) is 0 Å². The van der Waals surface area contributed by atoms with Crippen LogP contribution >= 0.6 is 0 Å². The lowest BCUT2D eigenvalue weighted by atomic mass is 9.96. The van der Waals surface area contributed by atoms with E-state index in [1.165, 1.54) is 12.8 Å². The van der Waals surface area contributed by atoms with Gasteiger partial charge in [-0.05, 0) is 63.6 Å². The minimum absolute atomic E-state index is 0.0985. The average Bonchev–Trinajstić information content (AvgIpc) is 3.55. The molecule has 0 amide bonds. The number of piperidine rings is 1. The van der Waals surface area contributed by atoms with E-state index >= 15 is 0 Å². The van der Waals surface area contributed by atoms with E-state index in [1.54, 1.807) is 12.1 Å². The van der Waals surface area contributed by atoms with Gasteiger partial charge in [0.2, 0.25) is 0 Å². The zero-order valence-corrected chi connectivity index (χ0v) is 18.1. The lowest BCUT2D eigenvalue weighted by Crippen LogP contribution is -2.41. The van der Waals surface area contributed by atoms with Crippen LogP contribution in [-0.2, 0) is 11.3 Å². The second-order valence-corrected chi connectivity index (χ2v) is 8.45. The molecule has 0 bridgehead atoms. The predicted octanol–water partition coefficient (Wildman–Crippen LogP) is 3.36. The second kappa shape index (κ2) is 11.5. The summed E-state index contributed by atoms with van der Waals surface area (Å²) < 4.78 is 19.6. The molecule has 1 aromatic carbocycles. The fraction of sp³-hybridized carbons (Fsp3) is 0.696. The van der Waals surface area contributed by atoms with E-state index in [0.29, 0.717) is 12.5 Å². The van der Waals surface area contributed by atoms with Crippen molar-refractivity contribution in [1.82, 2.24) is 15.1 Å². The monoisotopic (exact) mass is 404 g/mol. The van der Waals surface area contributed by atoms with Crippen molar-refractivity contribution >= 4 is 5.96 Å². The molecular weight excluding hydrogens is 367 g/mol. The summed E-state index contributed by atoms with van der Waals surface area (Å²) in [7, 11) is 2.08. The largest absolute Gasteiger partial charge is 0.379 e. The number of hydrogen-bond donors (Lipinski definition) is 1. The molecule has 0 aromatic heterocycles. The maximum atomic E-state index is 13.9. The molecule has 1 saturated heterocycles. The molecule has 1 N–H and O–H groups in total. The zero-order valence-electron chi connectivity index (χ0n) is 18.1. The van der Waals surface area contributed by atoms with Crippen molar-refractivity contribution in [2.75, 3.05) is 53.0 Å². The molecule has 3 rings (SSSR count). The lowest BCUT2D eigenvalue weighted by Gasteiger charge is -2.31. The van der Waals surface area contributed by atoms with Gasteiger partial charge in [0.15, 0.2) is 5.96 Å². The molecule has 0 radical (unpaired) electrons. The second-order valence-electron chi connectivity index (χ2n) is 8.45. The Hall–Kier alpha value is -1.66. The van der Waals surface area contributed by atoms with Crippen molar-refractivity contribution in [2.24, 2.45) is 16.8 Å². The summed E-state index contributed by atoms with van der Waals surface area (Å²) in [5, 5.41) is 3.40. The van der Waals surface area contributed by atoms with Crippen LogP contribution in [0.5, 0.6) is 0 Å². The van der Waals surface area contributed by atoms with Gasteiger partial charge >= 0.3 is 0 Å². The number of benzene rings is 1. The molecule has 0 atom stereocenters. The number of aliphatic imine (C=N–C) groups is 1. The van der Waals surface area contributed by atoms with Crippen molar-refractivity contribution in [1.29, 1.82) is 0 Å². The van der Waals surface area contributed by atoms with E-state index in [-0.39, 0.29) is 5.82 Å². The maximum Gasteiger partial charge on any atom is 0.193 e. The van der Waals surface area contributed by atoms with Gasteiger partial charge in [0.25, 0.3) is 0 Å². The molecule has 0 spiro atoms. The molecule has 6 heteroatoms. The summed E-state index contributed by atoms with van der Waals surface area (Å²) in [6.07, 6.45) is 4.90. The van der Waals surface area contributed by atoms with Crippen LogP contribution in [0.4, 0.5) is 4.39 Å². The normalized spacial score (nSPS) is 18.8. The van der Waals surface area contributed by atoms with Crippen molar-refractivity contribution < 1.29 is 9.13 Å². The summed E-state index contributed by atoms with van der Waals surface area (Å²) in [6, 6.07) is 7.10. The van der Waals surface area contributed by atoms with Crippen LogP contribution < -0.4 is 5.32 Å². The van der Waals surface area contributed by atoms with Gasteiger partial charge in [-0.1, -0.05) is 18.2 Å². The van der Waals surface area contributed by atoms with Gasteiger partial charge in [-0.3, -0.25) is 9.89 Å². The van der Waals surface area contributed by atoms with Crippen LogP contribution in [0.3, 0.4) is 0 Å². The van der Waals surface area contributed by atoms with Crippen molar-refractivity contribution in [3.8, 4) is 0 Å². The van der Waals surface area contributed by atoms with Crippen molar-refractivity contribution in [2.45, 2.75) is 39.2 Å². The smallest absolute Gasteiger partial charge is 0.193 e. The van der Waals surface area contributed by atoms with E-state index in [4.69, 9.17) is 9.73 Å². The highest BCUT2D eigenvalue weighted by Crippen LogP contribution is 2.28. The summed E-state index contributed by atoms with van der Waals surface area (Å²) >= 11 is 0. The Morgan fingerprint density at radius 3 is 2.66 bits per heavy atom. The Morgan fingerprint density at radius 2 is 1.97 bits per heavy atom. The summed E-state index contributed by atoms with van der Waals surface area (Å²) in [4.78, 5) is 9.41.